The molecule has 150 valence electrons. The number of nitrogens with two attached hydrogens (primary N) is 1. The van der Waals surface area contributed by atoms with Crippen molar-refractivity contribution in [2.75, 3.05) is 36.8 Å². The van der Waals surface area contributed by atoms with Crippen molar-refractivity contribution >= 4 is 52.1 Å². The molecule has 29 heavy (non-hydrogen) atoms. The molecule has 0 unspecified atom stereocenters. The molecule has 2 aromatic carbocycles. The monoisotopic (exact) mass is 430 g/mol. The molecule has 0 aliphatic carbocycles. The van der Waals surface area contributed by atoms with Gasteiger partial charge in [-0.15, -0.1) is 12.4 Å². The summed E-state index contributed by atoms with van der Waals surface area (Å²) in [5, 5.41) is 7.04. The molecule has 1 saturated heterocycles. The highest BCUT2D eigenvalue weighted by molar-refractivity contribution is 6.35. The summed E-state index contributed by atoms with van der Waals surface area (Å²) in [4.78, 5) is 19.9. The van der Waals surface area contributed by atoms with Crippen LogP contribution in [0.5, 0.6) is 0 Å². The fourth-order valence-electron chi connectivity index (χ4n) is 3.80. The SMILES string of the molecule is Cl.Nc1[nH]n2c(=O)c3c(Cl)cccc3nc2c1-c1ccc(N2CCNCC2)cc1. The highest BCUT2D eigenvalue weighted by Crippen LogP contribution is 2.31. The van der Waals surface area contributed by atoms with Crippen LogP contribution in [-0.2, 0) is 0 Å². The zero-order valence-corrected chi connectivity index (χ0v) is 17.1. The van der Waals surface area contributed by atoms with Crippen LogP contribution in [0.1, 0.15) is 0 Å². The van der Waals surface area contributed by atoms with Gasteiger partial charge in [-0.2, -0.15) is 4.52 Å². The first-order chi connectivity index (χ1) is 13.6. The van der Waals surface area contributed by atoms with E-state index in [1.54, 1.807) is 18.2 Å². The number of nitrogens with zero attached hydrogens (tertiary/aromatic N) is 3. The molecule has 0 saturated carbocycles. The van der Waals surface area contributed by atoms with E-state index in [0.29, 0.717) is 33.0 Å². The Kier molecular flexibility index (Phi) is 5.12. The quantitative estimate of drug-likeness (QED) is 0.454. The Labute approximate surface area is 177 Å². The number of nitrogen functional groups attached to an aromatic ring is 1. The van der Waals surface area contributed by atoms with Gasteiger partial charge in [0.25, 0.3) is 5.56 Å². The van der Waals surface area contributed by atoms with Gasteiger partial charge in [-0.1, -0.05) is 29.8 Å². The Hall–Kier alpha value is -2.74. The van der Waals surface area contributed by atoms with E-state index in [4.69, 9.17) is 17.3 Å². The second-order valence-corrected chi connectivity index (χ2v) is 7.30. The van der Waals surface area contributed by atoms with E-state index in [-0.39, 0.29) is 18.0 Å². The van der Waals surface area contributed by atoms with E-state index in [1.807, 2.05) is 12.1 Å². The molecular weight excluding hydrogens is 411 g/mol. The number of benzene rings is 2. The lowest BCUT2D eigenvalue weighted by atomic mass is 10.1. The maximum Gasteiger partial charge on any atom is 0.282 e. The summed E-state index contributed by atoms with van der Waals surface area (Å²) in [6.07, 6.45) is 0. The molecule has 1 fully saturated rings. The van der Waals surface area contributed by atoms with Gasteiger partial charge in [-0.05, 0) is 29.8 Å². The third-order valence-corrected chi connectivity index (χ3v) is 5.53. The van der Waals surface area contributed by atoms with Gasteiger partial charge in [0, 0.05) is 31.9 Å². The van der Waals surface area contributed by atoms with E-state index in [9.17, 15) is 4.79 Å². The van der Waals surface area contributed by atoms with Gasteiger partial charge < -0.3 is 16.0 Å². The Balaban J connectivity index is 0.00000205. The number of rotatable bonds is 2. The standard InChI is InChI=1S/C20H19ClN6O.ClH/c21-14-2-1-3-15-17(14)20(28)27-19(24-15)16(18(22)25-27)12-4-6-13(7-5-12)26-10-8-23-9-11-26;/h1-7,23,25H,8-11,22H2;1H. The minimum absolute atomic E-state index is 0. The van der Waals surface area contributed by atoms with Crippen LogP contribution >= 0.6 is 24.0 Å². The summed E-state index contributed by atoms with van der Waals surface area (Å²) >= 11 is 6.21. The van der Waals surface area contributed by atoms with Crippen molar-refractivity contribution in [2.45, 2.75) is 0 Å². The highest BCUT2D eigenvalue weighted by Gasteiger charge is 2.18. The van der Waals surface area contributed by atoms with Crippen LogP contribution in [0, 0.1) is 0 Å². The van der Waals surface area contributed by atoms with Crippen LogP contribution < -0.4 is 21.5 Å². The Morgan fingerprint density at radius 1 is 1.07 bits per heavy atom. The maximum absolute atomic E-state index is 12.9. The number of fused-ring (bicyclic) bond motifs is 2. The van der Waals surface area contributed by atoms with Gasteiger partial charge >= 0.3 is 0 Å². The Morgan fingerprint density at radius 3 is 2.52 bits per heavy atom. The number of hydrogen-bond acceptors (Lipinski definition) is 5. The number of piperazine rings is 1. The predicted octanol–water partition coefficient (Wildman–Crippen LogP) is 2.91. The van der Waals surface area contributed by atoms with Crippen molar-refractivity contribution in [1.82, 2.24) is 19.9 Å². The molecule has 1 aliphatic heterocycles. The van der Waals surface area contributed by atoms with Gasteiger partial charge in [0.2, 0.25) is 0 Å². The van der Waals surface area contributed by atoms with Gasteiger partial charge in [0.1, 0.15) is 5.82 Å². The molecule has 2 aromatic heterocycles. The highest BCUT2D eigenvalue weighted by atomic mass is 35.5. The summed E-state index contributed by atoms with van der Waals surface area (Å²) in [5.41, 5.74) is 9.80. The largest absolute Gasteiger partial charge is 0.384 e. The first-order valence-corrected chi connectivity index (χ1v) is 9.56. The number of hydrogen-bond donors (Lipinski definition) is 3. The molecule has 0 spiro atoms. The van der Waals surface area contributed by atoms with Crippen LogP contribution in [0.15, 0.2) is 47.3 Å². The van der Waals surface area contributed by atoms with Crippen molar-refractivity contribution in [3.63, 3.8) is 0 Å². The van der Waals surface area contributed by atoms with Crippen molar-refractivity contribution in [3.8, 4) is 11.1 Å². The summed E-state index contributed by atoms with van der Waals surface area (Å²) < 4.78 is 1.36. The number of anilines is 2. The van der Waals surface area contributed by atoms with Crippen molar-refractivity contribution in [2.24, 2.45) is 0 Å². The van der Waals surface area contributed by atoms with E-state index in [2.05, 4.69) is 32.4 Å². The second-order valence-electron chi connectivity index (χ2n) is 6.89. The maximum atomic E-state index is 12.9. The van der Waals surface area contributed by atoms with Crippen molar-refractivity contribution in [3.05, 3.63) is 57.8 Å². The molecule has 5 rings (SSSR count). The zero-order valence-electron chi connectivity index (χ0n) is 15.5. The first kappa shape index (κ1) is 19.6. The van der Waals surface area contributed by atoms with Crippen molar-refractivity contribution in [1.29, 1.82) is 0 Å². The fourth-order valence-corrected chi connectivity index (χ4v) is 4.05. The van der Waals surface area contributed by atoms with Gasteiger partial charge in [0.15, 0.2) is 5.65 Å². The van der Waals surface area contributed by atoms with E-state index < -0.39 is 0 Å². The molecule has 4 N–H and O–H groups in total. The number of aromatic nitrogens is 3. The zero-order chi connectivity index (χ0) is 19.3. The van der Waals surface area contributed by atoms with Crippen LogP contribution in [0.2, 0.25) is 5.02 Å². The number of H-pyrrole nitrogens is 1. The minimum Gasteiger partial charge on any atom is -0.384 e. The molecule has 0 amide bonds. The van der Waals surface area contributed by atoms with Gasteiger partial charge in [-0.25, -0.2) is 4.98 Å². The first-order valence-electron chi connectivity index (χ1n) is 9.18. The number of halogens is 2. The average molecular weight is 431 g/mol. The second kappa shape index (κ2) is 7.59. The molecule has 4 aromatic rings. The molecule has 0 radical (unpaired) electrons. The normalized spacial score (nSPS) is 14.3. The van der Waals surface area contributed by atoms with Crippen molar-refractivity contribution < 1.29 is 0 Å². The van der Waals surface area contributed by atoms with Crippen LogP contribution in [-0.4, -0.2) is 40.8 Å². The van der Waals surface area contributed by atoms with E-state index in [1.165, 1.54) is 10.2 Å². The minimum atomic E-state index is -0.263. The van der Waals surface area contributed by atoms with Crippen LogP contribution in [0.3, 0.4) is 0 Å². The van der Waals surface area contributed by atoms with Crippen LogP contribution in [0.4, 0.5) is 11.5 Å². The lowest BCUT2D eigenvalue weighted by Gasteiger charge is -2.29. The van der Waals surface area contributed by atoms with Gasteiger partial charge in [0.05, 0.1) is 21.5 Å². The summed E-state index contributed by atoms with van der Waals surface area (Å²) in [6.45, 7) is 3.94. The third kappa shape index (κ3) is 3.21. The molecular formula is C20H20Cl2N6O. The molecule has 1 aliphatic rings. The van der Waals surface area contributed by atoms with E-state index in [0.717, 1.165) is 31.7 Å². The van der Waals surface area contributed by atoms with Gasteiger partial charge in [-0.3, -0.25) is 9.89 Å². The smallest absolute Gasteiger partial charge is 0.282 e. The predicted molar refractivity (Wildman–Crippen MR) is 121 cm³/mol. The molecule has 9 heteroatoms. The topological polar surface area (TPSA) is 91.5 Å². The van der Waals surface area contributed by atoms with E-state index >= 15 is 0 Å². The lowest BCUT2D eigenvalue weighted by Crippen LogP contribution is -2.43. The number of aromatic amines is 1. The summed E-state index contributed by atoms with van der Waals surface area (Å²) in [7, 11) is 0. The molecule has 0 atom stereocenters. The fraction of sp³-hybridized carbons (Fsp3) is 0.200. The summed E-state index contributed by atoms with van der Waals surface area (Å²) in [5.74, 6) is 0.394. The third-order valence-electron chi connectivity index (χ3n) is 5.21. The van der Waals surface area contributed by atoms with Crippen LogP contribution in [0.25, 0.3) is 27.7 Å². The lowest BCUT2D eigenvalue weighted by molar-refractivity contribution is 0.589. The Morgan fingerprint density at radius 2 is 1.79 bits per heavy atom. The summed E-state index contributed by atoms with van der Waals surface area (Å²) in [6, 6.07) is 13.5. The molecule has 0 bridgehead atoms. The molecule has 3 heterocycles. The Bertz CT molecular complexity index is 1240. The number of nitrogens with one attached hydrogen (secondary N) is 2. The molecule has 7 nitrogen and oxygen atoms in total. The average Bonchev–Trinajstić information content (AvgIpc) is 3.05.